The maximum Gasteiger partial charge on any atom is 0.0350 e. The molecule has 1 aliphatic heterocycles. The number of nitrogens with zero attached hydrogens (tertiary/aromatic N) is 2. The number of hydrogen-bond donors (Lipinski definition) is 1. The monoisotopic (exact) mass is 247 g/mol. The molecule has 0 aliphatic carbocycles. The maximum atomic E-state index is 4.14. The van der Waals surface area contributed by atoms with Crippen LogP contribution in [-0.2, 0) is 0 Å². The van der Waals surface area contributed by atoms with Crippen molar-refractivity contribution in [1.82, 2.24) is 15.2 Å². The molecule has 18 heavy (non-hydrogen) atoms. The lowest BCUT2D eigenvalue weighted by atomic mass is 9.96. The quantitative estimate of drug-likeness (QED) is 0.866. The molecule has 1 atom stereocenters. The molecule has 0 radical (unpaired) electrons. The SMILES string of the molecule is CC(C)CC[C@@H](c1ccncc1)N1CCNCC1. The van der Waals surface area contributed by atoms with Gasteiger partial charge in [-0.25, -0.2) is 0 Å². The molecule has 3 heteroatoms. The molecule has 100 valence electrons. The fourth-order valence-corrected chi connectivity index (χ4v) is 2.63. The van der Waals surface area contributed by atoms with Gasteiger partial charge in [0.25, 0.3) is 0 Å². The molecular formula is C15H25N3. The Kier molecular flexibility index (Phi) is 5.14. The predicted octanol–water partition coefficient (Wildman–Crippen LogP) is 2.46. The van der Waals surface area contributed by atoms with Crippen LogP contribution in [0.25, 0.3) is 0 Å². The first-order valence-corrected chi connectivity index (χ1v) is 7.12. The van der Waals surface area contributed by atoms with Crippen molar-refractivity contribution >= 4 is 0 Å². The van der Waals surface area contributed by atoms with E-state index in [2.05, 4.69) is 41.2 Å². The van der Waals surface area contributed by atoms with E-state index < -0.39 is 0 Å². The van der Waals surface area contributed by atoms with Crippen LogP contribution >= 0.6 is 0 Å². The average Bonchev–Trinajstić information content (AvgIpc) is 2.41. The summed E-state index contributed by atoms with van der Waals surface area (Å²) >= 11 is 0. The van der Waals surface area contributed by atoms with Gasteiger partial charge in [-0.05, 0) is 36.5 Å². The number of aromatic nitrogens is 1. The molecule has 1 aromatic rings. The van der Waals surface area contributed by atoms with Crippen LogP contribution in [0.4, 0.5) is 0 Å². The first-order valence-electron chi connectivity index (χ1n) is 7.12. The lowest BCUT2D eigenvalue weighted by Gasteiger charge is -2.35. The van der Waals surface area contributed by atoms with Crippen LogP contribution in [0, 0.1) is 5.92 Å². The highest BCUT2D eigenvalue weighted by molar-refractivity contribution is 5.15. The van der Waals surface area contributed by atoms with Gasteiger partial charge in [0.1, 0.15) is 0 Å². The minimum atomic E-state index is 0.567. The molecule has 0 bridgehead atoms. The van der Waals surface area contributed by atoms with Crippen LogP contribution in [0.5, 0.6) is 0 Å². The van der Waals surface area contributed by atoms with Gasteiger partial charge in [-0.3, -0.25) is 9.88 Å². The van der Waals surface area contributed by atoms with E-state index in [0.29, 0.717) is 6.04 Å². The molecule has 0 saturated carbocycles. The normalized spacial score (nSPS) is 19.1. The molecule has 1 aromatic heterocycles. The molecule has 0 spiro atoms. The summed E-state index contributed by atoms with van der Waals surface area (Å²) < 4.78 is 0. The van der Waals surface area contributed by atoms with Crippen molar-refractivity contribution < 1.29 is 0 Å². The summed E-state index contributed by atoms with van der Waals surface area (Å²) in [5, 5.41) is 3.43. The zero-order valence-corrected chi connectivity index (χ0v) is 11.6. The molecule has 1 aliphatic rings. The first kappa shape index (κ1) is 13.5. The highest BCUT2D eigenvalue weighted by atomic mass is 15.2. The summed E-state index contributed by atoms with van der Waals surface area (Å²) in [6, 6.07) is 4.91. The Labute approximate surface area is 111 Å². The van der Waals surface area contributed by atoms with Gasteiger partial charge in [0.05, 0.1) is 0 Å². The van der Waals surface area contributed by atoms with Crippen molar-refractivity contribution in [2.45, 2.75) is 32.7 Å². The van der Waals surface area contributed by atoms with E-state index in [1.807, 2.05) is 12.4 Å². The van der Waals surface area contributed by atoms with Crippen molar-refractivity contribution in [3.63, 3.8) is 0 Å². The van der Waals surface area contributed by atoms with E-state index in [0.717, 1.165) is 32.1 Å². The fraction of sp³-hybridized carbons (Fsp3) is 0.667. The molecule has 1 N–H and O–H groups in total. The van der Waals surface area contributed by atoms with Gasteiger partial charge in [-0.1, -0.05) is 13.8 Å². The van der Waals surface area contributed by atoms with E-state index in [-0.39, 0.29) is 0 Å². The minimum absolute atomic E-state index is 0.567. The number of piperazine rings is 1. The Morgan fingerprint density at radius 1 is 1.17 bits per heavy atom. The van der Waals surface area contributed by atoms with Crippen LogP contribution in [0.15, 0.2) is 24.5 Å². The second-order valence-electron chi connectivity index (χ2n) is 5.55. The third-order valence-electron chi connectivity index (χ3n) is 3.70. The summed E-state index contributed by atoms with van der Waals surface area (Å²) in [6.45, 7) is 9.16. The van der Waals surface area contributed by atoms with E-state index >= 15 is 0 Å². The highest BCUT2D eigenvalue weighted by Gasteiger charge is 2.21. The molecule has 3 nitrogen and oxygen atoms in total. The Balaban J connectivity index is 2.06. The Morgan fingerprint density at radius 2 is 1.83 bits per heavy atom. The third kappa shape index (κ3) is 3.79. The lowest BCUT2D eigenvalue weighted by molar-refractivity contribution is 0.159. The van der Waals surface area contributed by atoms with Crippen molar-refractivity contribution in [3.8, 4) is 0 Å². The zero-order chi connectivity index (χ0) is 12.8. The van der Waals surface area contributed by atoms with Crippen molar-refractivity contribution in [2.75, 3.05) is 26.2 Å². The Bertz CT molecular complexity index is 331. The van der Waals surface area contributed by atoms with Gasteiger partial charge in [-0.15, -0.1) is 0 Å². The molecule has 2 rings (SSSR count). The van der Waals surface area contributed by atoms with Crippen LogP contribution in [0.2, 0.25) is 0 Å². The third-order valence-corrected chi connectivity index (χ3v) is 3.70. The molecular weight excluding hydrogens is 222 g/mol. The molecule has 0 aromatic carbocycles. The number of nitrogens with one attached hydrogen (secondary N) is 1. The second kappa shape index (κ2) is 6.86. The number of rotatable bonds is 5. The van der Waals surface area contributed by atoms with Gasteiger partial charge in [0, 0.05) is 44.6 Å². The predicted molar refractivity (Wildman–Crippen MR) is 75.5 cm³/mol. The summed E-state index contributed by atoms with van der Waals surface area (Å²) in [6.07, 6.45) is 6.37. The number of pyridine rings is 1. The largest absolute Gasteiger partial charge is 0.314 e. The summed E-state index contributed by atoms with van der Waals surface area (Å²) in [4.78, 5) is 6.76. The Hall–Kier alpha value is -0.930. The summed E-state index contributed by atoms with van der Waals surface area (Å²) in [5.74, 6) is 0.775. The highest BCUT2D eigenvalue weighted by Crippen LogP contribution is 2.27. The molecule has 0 unspecified atom stereocenters. The molecule has 0 amide bonds. The van der Waals surface area contributed by atoms with Crippen LogP contribution in [0.1, 0.15) is 38.3 Å². The first-order chi connectivity index (χ1) is 8.77. The summed E-state index contributed by atoms with van der Waals surface area (Å²) in [5.41, 5.74) is 1.42. The molecule has 2 heterocycles. The van der Waals surface area contributed by atoms with Crippen molar-refractivity contribution in [2.24, 2.45) is 5.92 Å². The van der Waals surface area contributed by atoms with Gasteiger partial charge >= 0.3 is 0 Å². The van der Waals surface area contributed by atoms with Crippen LogP contribution in [0.3, 0.4) is 0 Å². The van der Waals surface area contributed by atoms with E-state index in [1.165, 1.54) is 18.4 Å². The van der Waals surface area contributed by atoms with Gasteiger partial charge in [-0.2, -0.15) is 0 Å². The lowest BCUT2D eigenvalue weighted by Crippen LogP contribution is -2.45. The average molecular weight is 247 g/mol. The standard InChI is InChI=1S/C15H25N3/c1-13(2)3-4-15(14-5-7-16-8-6-14)18-11-9-17-10-12-18/h5-8,13,15,17H,3-4,9-12H2,1-2H3/t15-/m0/s1. The van der Waals surface area contributed by atoms with Crippen LogP contribution in [-0.4, -0.2) is 36.1 Å². The Morgan fingerprint density at radius 3 is 2.44 bits per heavy atom. The van der Waals surface area contributed by atoms with Crippen molar-refractivity contribution in [3.05, 3.63) is 30.1 Å². The van der Waals surface area contributed by atoms with Gasteiger partial charge in [0.15, 0.2) is 0 Å². The van der Waals surface area contributed by atoms with Crippen LogP contribution < -0.4 is 5.32 Å². The van der Waals surface area contributed by atoms with E-state index in [9.17, 15) is 0 Å². The van der Waals surface area contributed by atoms with Crippen molar-refractivity contribution in [1.29, 1.82) is 0 Å². The molecule has 1 saturated heterocycles. The summed E-state index contributed by atoms with van der Waals surface area (Å²) in [7, 11) is 0. The van der Waals surface area contributed by atoms with E-state index in [1.54, 1.807) is 0 Å². The minimum Gasteiger partial charge on any atom is -0.314 e. The van der Waals surface area contributed by atoms with Gasteiger partial charge < -0.3 is 5.32 Å². The fourth-order valence-electron chi connectivity index (χ4n) is 2.63. The maximum absolute atomic E-state index is 4.14. The zero-order valence-electron chi connectivity index (χ0n) is 11.6. The second-order valence-corrected chi connectivity index (χ2v) is 5.55. The smallest absolute Gasteiger partial charge is 0.0350 e. The number of hydrogen-bond acceptors (Lipinski definition) is 3. The van der Waals surface area contributed by atoms with E-state index in [4.69, 9.17) is 0 Å². The van der Waals surface area contributed by atoms with Gasteiger partial charge in [0.2, 0.25) is 0 Å². The molecule has 1 fully saturated rings. The topological polar surface area (TPSA) is 28.2 Å².